The zero-order chi connectivity index (χ0) is 18.5. The Morgan fingerprint density at radius 2 is 1.69 bits per heavy atom. The summed E-state index contributed by atoms with van der Waals surface area (Å²) in [5, 5.41) is 3.00. The predicted octanol–water partition coefficient (Wildman–Crippen LogP) is 2.99. The minimum Gasteiger partial charge on any atom is -0.367 e. The maximum atomic E-state index is 13.9. The highest BCUT2D eigenvalue weighted by Crippen LogP contribution is 2.19. The van der Waals surface area contributed by atoms with E-state index in [0.717, 1.165) is 43.9 Å². The maximum Gasteiger partial charge on any atom is 0.251 e. The van der Waals surface area contributed by atoms with Crippen molar-refractivity contribution in [1.29, 1.82) is 0 Å². The first-order valence-corrected chi connectivity index (χ1v) is 9.11. The summed E-state index contributed by atoms with van der Waals surface area (Å²) in [6, 6.07) is 12.8. The number of nitrogens with zero attached hydrogens (tertiary/aromatic N) is 2. The molecule has 0 aliphatic carbocycles. The van der Waals surface area contributed by atoms with Crippen molar-refractivity contribution in [2.45, 2.75) is 13.8 Å². The molecule has 0 saturated carbocycles. The molecule has 4 nitrogen and oxygen atoms in total. The van der Waals surface area contributed by atoms with Crippen molar-refractivity contribution in [3.63, 3.8) is 0 Å². The zero-order valence-electron chi connectivity index (χ0n) is 15.5. The molecule has 1 amide bonds. The molecule has 0 atom stereocenters. The molecule has 2 aromatic carbocycles. The first-order chi connectivity index (χ1) is 12.5. The number of rotatable bonds is 5. The van der Waals surface area contributed by atoms with Gasteiger partial charge in [0.1, 0.15) is 5.82 Å². The van der Waals surface area contributed by atoms with E-state index in [2.05, 4.69) is 21.2 Å². The lowest BCUT2D eigenvalue weighted by Gasteiger charge is -2.36. The van der Waals surface area contributed by atoms with Crippen LogP contribution in [0.5, 0.6) is 0 Å². The molecule has 138 valence electrons. The average molecular weight is 355 g/mol. The Kier molecular flexibility index (Phi) is 5.89. The minimum atomic E-state index is -0.165. The number of hydrogen-bond acceptors (Lipinski definition) is 3. The molecule has 1 saturated heterocycles. The van der Waals surface area contributed by atoms with E-state index in [9.17, 15) is 9.18 Å². The second-order valence-electron chi connectivity index (χ2n) is 6.91. The highest BCUT2D eigenvalue weighted by atomic mass is 19.1. The third-order valence-corrected chi connectivity index (χ3v) is 4.76. The van der Waals surface area contributed by atoms with E-state index in [4.69, 9.17) is 0 Å². The lowest BCUT2D eigenvalue weighted by molar-refractivity contribution is 0.0947. The van der Waals surface area contributed by atoms with Crippen LogP contribution in [-0.4, -0.2) is 50.1 Å². The molecule has 1 aliphatic heterocycles. The van der Waals surface area contributed by atoms with E-state index in [0.29, 0.717) is 17.8 Å². The third kappa shape index (κ3) is 4.61. The van der Waals surface area contributed by atoms with E-state index >= 15 is 0 Å². The second-order valence-corrected chi connectivity index (χ2v) is 6.91. The lowest BCUT2D eigenvalue weighted by Crippen LogP contribution is -2.48. The molecule has 0 spiro atoms. The van der Waals surface area contributed by atoms with Crippen molar-refractivity contribution < 1.29 is 9.18 Å². The quantitative estimate of drug-likeness (QED) is 0.896. The third-order valence-electron chi connectivity index (χ3n) is 4.76. The van der Waals surface area contributed by atoms with Crippen LogP contribution in [0.1, 0.15) is 21.5 Å². The summed E-state index contributed by atoms with van der Waals surface area (Å²) in [5.74, 6) is -0.191. The number of aryl methyl sites for hydroxylation is 2. The second kappa shape index (κ2) is 8.32. The van der Waals surface area contributed by atoms with Gasteiger partial charge in [0.2, 0.25) is 0 Å². The van der Waals surface area contributed by atoms with E-state index < -0.39 is 0 Å². The summed E-state index contributed by atoms with van der Waals surface area (Å²) in [5.41, 5.74) is 3.58. The van der Waals surface area contributed by atoms with Crippen LogP contribution in [0.4, 0.5) is 10.1 Å². The van der Waals surface area contributed by atoms with Gasteiger partial charge in [0.05, 0.1) is 5.69 Å². The van der Waals surface area contributed by atoms with Crippen LogP contribution in [0.2, 0.25) is 0 Å². The summed E-state index contributed by atoms with van der Waals surface area (Å²) in [7, 11) is 0. The number of anilines is 1. The summed E-state index contributed by atoms with van der Waals surface area (Å²) in [4.78, 5) is 16.7. The van der Waals surface area contributed by atoms with Crippen molar-refractivity contribution in [1.82, 2.24) is 10.2 Å². The number of piperazine rings is 1. The predicted molar refractivity (Wildman–Crippen MR) is 103 cm³/mol. The molecule has 0 bridgehead atoms. The van der Waals surface area contributed by atoms with Crippen LogP contribution in [-0.2, 0) is 0 Å². The van der Waals surface area contributed by atoms with Crippen LogP contribution in [0, 0.1) is 19.7 Å². The van der Waals surface area contributed by atoms with Crippen molar-refractivity contribution >= 4 is 11.6 Å². The highest BCUT2D eigenvalue weighted by molar-refractivity contribution is 5.94. The monoisotopic (exact) mass is 355 g/mol. The van der Waals surface area contributed by atoms with Gasteiger partial charge < -0.3 is 10.2 Å². The van der Waals surface area contributed by atoms with Gasteiger partial charge in [-0.2, -0.15) is 0 Å². The molecule has 3 rings (SSSR count). The van der Waals surface area contributed by atoms with Gasteiger partial charge in [-0.05, 0) is 38.1 Å². The van der Waals surface area contributed by atoms with Crippen LogP contribution >= 0.6 is 0 Å². The molecular formula is C21H26FN3O. The van der Waals surface area contributed by atoms with Gasteiger partial charge in [0, 0.05) is 44.8 Å². The molecule has 0 unspecified atom stereocenters. The summed E-state index contributed by atoms with van der Waals surface area (Å²) < 4.78 is 13.9. The fourth-order valence-corrected chi connectivity index (χ4v) is 3.46. The van der Waals surface area contributed by atoms with Gasteiger partial charge in [-0.15, -0.1) is 0 Å². The van der Waals surface area contributed by atoms with Gasteiger partial charge in [0.15, 0.2) is 0 Å². The Bertz CT molecular complexity index is 749. The van der Waals surface area contributed by atoms with Crippen molar-refractivity contribution in [2.24, 2.45) is 0 Å². The summed E-state index contributed by atoms with van der Waals surface area (Å²) in [6.07, 6.45) is 0. The molecule has 1 N–H and O–H groups in total. The van der Waals surface area contributed by atoms with E-state index in [1.165, 1.54) is 6.07 Å². The molecule has 0 radical (unpaired) electrons. The summed E-state index contributed by atoms with van der Waals surface area (Å²) in [6.45, 7) is 8.75. The maximum absolute atomic E-state index is 13.9. The highest BCUT2D eigenvalue weighted by Gasteiger charge is 2.19. The van der Waals surface area contributed by atoms with Gasteiger partial charge in [-0.3, -0.25) is 9.69 Å². The van der Waals surface area contributed by atoms with E-state index in [-0.39, 0.29) is 11.7 Å². The first-order valence-electron chi connectivity index (χ1n) is 9.11. The lowest BCUT2D eigenvalue weighted by atomic mass is 10.1. The van der Waals surface area contributed by atoms with Gasteiger partial charge in [0.25, 0.3) is 5.91 Å². The van der Waals surface area contributed by atoms with E-state index in [1.54, 1.807) is 6.07 Å². The number of carbonyl (C=O) groups excluding carboxylic acids is 1. The number of hydrogen-bond donors (Lipinski definition) is 1. The molecule has 0 aromatic heterocycles. The van der Waals surface area contributed by atoms with Gasteiger partial charge in [-0.25, -0.2) is 4.39 Å². The van der Waals surface area contributed by atoms with Crippen LogP contribution in [0.25, 0.3) is 0 Å². The van der Waals surface area contributed by atoms with E-state index in [1.807, 2.05) is 38.1 Å². The number of nitrogens with one attached hydrogen (secondary N) is 1. The fourth-order valence-electron chi connectivity index (χ4n) is 3.46. The number of amides is 1. The van der Waals surface area contributed by atoms with Crippen molar-refractivity contribution in [2.75, 3.05) is 44.2 Å². The van der Waals surface area contributed by atoms with Crippen LogP contribution in [0.3, 0.4) is 0 Å². The molecule has 5 heteroatoms. The Balaban J connectivity index is 1.44. The van der Waals surface area contributed by atoms with Crippen molar-refractivity contribution in [3.05, 3.63) is 65.0 Å². The molecule has 1 aliphatic rings. The number of carbonyl (C=O) groups is 1. The van der Waals surface area contributed by atoms with Crippen molar-refractivity contribution in [3.8, 4) is 0 Å². The standard InChI is InChI=1S/C21H26FN3O/c1-16-13-17(2)15-18(14-16)21(26)23-7-8-24-9-11-25(12-10-24)20-6-4-3-5-19(20)22/h3-6,13-15H,7-12H2,1-2H3,(H,23,26). The number of para-hydroxylation sites is 1. The zero-order valence-corrected chi connectivity index (χ0v) is 15.5. The molecular weight excluding hydrogens is 329 g/mol. The number of halogens is 1. The Morgan fingerprint density at radius 1 is 1.04 bits per heavy atom. The molecule has 26 heavy (non-hydrogen) atoms. The average Bonchev–Trinajstić information content (AvgIpc) is 2.62. The SMILES string of the molecule is Cc1cc(C)cc(C(=O)NCCN2CCN(c3ccccc3F)CC2)c1. The number of benzene rings is 2. The van der Waals surface area contributed by atoms with Crippen LogP contribution in [0.15, 0.2) is 42.5 Å². The van der Waals surface area contributed by atoms with Gasteiger partial charge in [-0.1, -0.05) is 29.3 Å². The van der Waals surface area contributed by atoms with Gasteiger partial charge >= 0.3 is 0 Å². The Morgan fingerprint density at radius 3 is 2.35 bits per heavy atom. The Labute approximate surface area is 154 Å². The topological polar surface area (TPSA) is 35.6 Å². The summed E-state index contributed by atoms with van der Waals surface area (Å²) >= 11 is 0. The smallest absolute Gasteiger partial charge is 0.251 e. The van der Waals surface area contributed by atoms with Crippen LogP contribution < -0.4 is 10.2 Å². The Hall–Kier alpha value is -2.40. The molecule has 2 aromatic rings. The molecule has 1 heterocycles. The fraction of sp³-hybridized carbons (Fsp3) is 0.381. The first kappa shape index (κ1) is 18.4. The minimum absolute atomic E-state index is 0.0261. The largest absolute Gasteiger partial charge is 0.367 e. The normalized spacial score (nSPS) is 15.1. The molecule has 1 fully saturated rings.